The summed E-state index contributed by atoms with van der Waals surface area (Å²) in [5, 5.41) is 5.88. The Bertz CT molecular complexity index is 327. The summed E-state index contributed by atoms with van der Waals surface area (Å²) < 4.78 is 26.8. The predicted molar refractivity (Wildman–Crippen MR) is 51.7 cm³/mol. The number of amides is 1. The molecule has 0 fully saturated rings. The average molecular weight is 233 g/mol. The van der Waals surface area contributed by atoms with Gasteiger partial charge in [-0.2, -0.15) is 5.10 Å². The smallest absolute Gasteiger partial charge is 0.277 e. The van der Waals surface area contributed by atoms with Crippen LogP contribution in [0.4, 0.5) is 8.78 Å². The van der Waals surface area contributed by atoms with Gasteiger partial charge in [0.1, 0.15) is 12.7 Å². The molecule has 0 unspecified atom stereocenters. The first-order valence-electron chi connectivity index (χ1n) is 4.70. The predicted octanol–water partition coefficient (Wildman–Crippen LogP) is -0.622. The number of carbonyl (C=O) groups excluding carboxylic acids is 1. The van der Waals surface area contributed by atoms with E-state index in [1.807, 2.05) is 0 Å². The van der Waals surface area contributed by atoms with Crippen molar-refractivity contribution in [3.63, 3.8) is 0 Å². The zero-order valence-corrected chi connectivity index (χ0v) is 8.57. The van der Waals surface area contributed by atoms with Crippen LogP contribution in [0.25, 0.3) is 0 Å². The Morgan fingerprint density at radius 2 is 2.31 bits per heavy atom. The molecule has 1 heterocycles. The number of aromatic nitrogens is 3. The van der Waals surface area contributed by atoms with E-state index in [-0.39, 0.29) is 6.42 Å². The van der Waals surface area contributed by atoms with Gasteiger partial charge < -0.3 is 11.1 Å². The van der Waals surface area contributed by atoms with E-state index in [1.54, 1.807) is 0 Å². The van der Waals surface area contributed by atoms with E-state index in [4.69, 9.17) is 5.73 Å². The van der Waals surface area contributed by atoms with Crippen LogP contribution in [0, 0.1) is 0 Å². The third-order valence-electron chi connectivity index (χ3n) is 1.88. The lowest BCUT2D eigenvalue weighted by atomic mass is 10.3. The van der Waals surface area contributed by atoms with Gasteiger partial charge in [-0.05, 0) is 0 Å². The molecule has 0 saturated heterocycles. The van der Waals surface area contributed by atoms with Crippen LogP contribution in [-0.4, -0.2) is 39.7 Å². The minimum Gasteiger partial charge on any atom is -0.350 e. The summed E-state index contributed by atoms with van der Waals surface area (Å²) in [6, 6.07) is 0. The summed E-state index contributed by atoms with van der Waals surface area (Å²) in [4.78, 5) is 14.8. The summed E-state index contributed by atoms with van der Waals surface area (Å²) in [6.45, 7) is -1.21. The molecule has 6 nitrogen and oxygen atoms in total. The van der Waals surface area contributed by atoms with Gasteiger partial charge in [-0.3, -0.25) is 9.48 Å². The molecule has 1 rings (SSSR count). The molecule has 3 N–H and O–H groups in total. The van der Waals surface area contributed by atoms with E-state index in [0.717, 1.165) is 0 Å². The lowest BCUT2D eigenvalue weighted by Crippen LogP contribution is -2.41. The van der Waals surface area contributed by atoms with Crippen molar-refractivity contribution in [1.29, 1.82) is 0 Å². The van der Waals surface area contributed by atoms with E-state index in [0.29, 0.717) is 6.54 Å². The quantitative estimate of drug-likeness (QED) is 0.685. The number of nitrogens with one attached hydrogen (secondary N) is 1. The fourth-order valence-corrected chi connectivity index (χ4v) is 0.953. The number of halogens is 2. The molecular weight excluding hydrogens is 220 g/mol. The SMILES string of the molecule is NCC(F)(F)CNC(=O)CCn1cncn1. The van der Waals surface area contributed by atoms with Gasteiger partial charge in [0.15, 0.2) is 0 Å². The van der Waals surface area contributed by atoms with E-state index >= 15 is 0 Å². The van der Waals surface area contributed by atoms with Crippen molar-refractivity contribution in [2.45, 2.75) is 18.9 Å². The van der Waals surface area contributed by atoms with Crippen LogP contribution in [0.15, 0.2) is 12.7 Å². The molecule has 0 atom stereocenters. The second-order valence-corrected chi connectivity index (χ2v) is 3.25. The number of nitrogens with two attached hydrogens (primary N) is 1. The average Bonchev–Trinajstić information content (AvgIpc) is 2.76. The molecule has 0 radical (unpaired) electrons. The minimum atomic E-state index is -3.05. The van der Waals surface area contributed by atoms with Crippen molar-refractivity contribution in [2.24, 2.45) is 5.73 Å². The zero-order valence-electron chi connectivity index (χ0n) is 8.57. The maximum Gasteiger partial charge on any atom is 0.277 e. The van der Waals surface area contributed by atoms with Crippen molar-refractivity contribution in [2.75, 3.05) is 13.1 Å². The van der Waals surface area contributed by atoms with Crippen LogP contribution in [0.5, 0.6) is 0 Å². The summed E-state index contributed by atoms with van der Waals surface area (Å²) in [6.07, 6.45) is 2.85. The largest absolute Gasteiger partial charge is 0.350 e. The summed E-state index contributed by atoms with van der Waals surface area (Å²) in [5.41, 5.74) is 4.82. The molecule has 0 saturated carbocycles. The molecule has 0 aliphatic carbocycles. The van der Waals surface area contributed by atoms with E-state index in [9.17, 15) is 13.6 Å². The molecule has 1 amide bonds. The topological polar surface area (TPSA) is 85.8 Å². The van der Waals surface area contributed by atoms with Crippen molar-refractivity contribution >= 4 is 5.91 Å². The third kappa shape index (κ3) is 4.30. The molecule has 0 aromatic carbocycles. The Hall–Kier alpha value is -1.57. The molecule has 90 valence electrons. The number of hydrogen-bond donors (Lipinski definition) is 2. The fourth-order valence-electron chi connectivity index (χ4n) is 0.953. The maximum atomic E-state index is 12.7. The van der Waals surface area contributed by atoms with Crippen LogP contribution in [0.2, 0.25) is 0 Å². The highest BCUT2D eigenvalue weighted by Gasteiger charge is 2.26. The second-order valence-electron chi connectivity index (χ2n) is 3.25. The molecular formula is C8H13F2N5O. The van der Waals surface area contributed by atoms with Crippen molar-refractivity contribution in [3.8, 4) is 0 Å². The number of aryl methyl sites for hydroxylation is 1. The summed E-state index contributed by atoms with van der Waals surface area (Å²) in [5.74, 6) is -3.52. The lowest BCUT2D eigenvalue weighted by molar-refractivity contribution is -0.123. The van der Waals surface area contributed by atoms with Gasteiger partial charge in [0.25, 0.3) is 5.92 Å². The molecule has 1 aromatic heterocycles. The molecule has 0 aliphatic heterocycles. The third-order valence-corrected chi connectivity index (χ3v) is 1.88. The maximum absolute atomic E-state index is 12.7. The number of nitrogens with zero attached hydrogens (tertiary/aromatic N) is 3. The van der Waals surface area contributed by atoms with Crippen LogP contribution in [0.1, 0.15) is 6.42 Å². The van der Waals surface area contributed by atoms with Crippen molar-refractivity contribution < 1.29 is 13.6 Å². The summed E-state index contributed by atoms with van der Waals surface area (Å²) >= 11 is 0. The van der Waals surface area contributed by atoms with Gasteiger partial charge in [0, 0.05) is 6.42 Å². The molecule has 0 aliphatic rings. The highest BCUT2D eigenvalue weighted by atomic mass is 19.3. The number of rotatable bonds is 6. The van der Waals surface area contributed by atoms with Crippen LogP contribution < -0.4 is 11.1 Å². The Kier molecular flexibility index (Phi) is 4.29. The molecule has 0 spiro atoms. The molecule has 16 heavy (non-hydrogen) atoms. The van der Waals surface area contributed by atoms with Crippen LogP contribution >= 0.6 is 0 Å². The number of alkyl halides is 2. The lowest BCUT2D eigenvalue weighted by Gasteiger charge is -2.14. The van der Waals surface area contributed by atoms with Gasteiger partial charge in [-0.1, -0.05) is 0 Å². The van der Waals surface area contributed by atoms with E-state index in [2.05, 4.69) is 15.4 Å². The molecule has 8 heteroatoms. The highest BCUT2D eigenvalue weighted by molar-refractivity contribution is 5.75. The minimum absolute atomic E-state index is 0.0734. The standard InChI is InChI=1S/C8H13F2N5O/c9-8(10,3-11)4-13-7(16)1-2-15-6-12-5-14-15/h5-6H,1-4,11H2,(H,13,16). The van der Waals surface area contributed by atoms with Gasteiger partial charge in [-0.25, -0.2) is 13.8 Å². The Balaban J connectivity index is 2.21. The Morgan fingerprint density at radius 3 is 2.88 bits per heavy atom. The van der Waals surface area contributed by atoms with Gasteiger partial charge in [-0.15, -0.1) is 0 Å². The first kappa shape index (κ1) is 12.5. The van der Waals surface area contributed by atoms with Crippen molar-refractivity contribution in [1.82, 2.24) is 20.1 Å². The second kappa shape index (κ2) is 5.50. The van der Waals surface area contributed by atoms with Crippen LogP contribution in [0.3, 0.4) is 0 Å². The van der Waals surface area contributed by atoms with E-state index < -0.39 is 24.9 Å². The highest BCUT2D eigenvalue weighted by Crippen LogP contribution is 2.08. The van der Waals surface area contributed by atoms with Gasteiger partial charge in [0.2, 0.25) is 5.91 Å². The zero-order chi connectivity index (χ0) is 12.0. The normalized spacial score (nSPS) is 11.4. The van der Waals surface area contributed by atoms with Gasteiger partial charge in [0.05, 0.1) is 19.6 Å². The van der Waals surface area contributed by atoms with Gasteiger partial charge >= 0.3 is 0 Å². The summed E-state index contributed by atoms with van der Waals surface area (Å²) in [7, 11) is 0. The molecule has 1 aromatic rings. The number of carbonyl (C=O) groups is 1. The fraction of sp³-hybridized carbons (Fsp3) is 0.625. The number of hydrogen-bond acceptors (Lipinski definition) is 4. The molecule has 0 bridgehead atoms. The van der Waals surface area contributed by atoms with E-state index in [1.165, 1.54) is 17.3 Å². The monoisotopic (exact) mass is 233 g/mol. The first-order valence-corrected chi connectivity index (χ1v) is 4.70. The Labute approximate surface area is 90.8 Å². The Morgan fingerprint density at radius 1 is 1.56 bits per heavy atom. The van der Waals surface area contributed by atoms with Crippen molar-refractivity contribution in [3.05, 3.63) is 12.7 Å². The first-order chi connectivity index (χ1) is 7.53. The van der Waals surface area contributed by atoms with Crippen LogP contribution in [-0.2, 0) is 11.3 Å².